The predicted octanol–water partition coefficient (Wildman–Crippen LogP) is 5.27. The van der Waals surface area contributed by atoms with E-state index >= 15 is 0 Å². The van der Waals surface area contributed by atoms with E-state index in [2.05, 4.69) is 22.0 Å². The second-order valence-electron chi connectivity index (χ2n) is 9.55. The molecular formula is C29H36N2O5S. The maximum atomic E-state index is 12.1. The topological polar surface area (TPSA) is 92.1 Å². The number of pyridine rings is 1. The van der Waals surface area contributed by atoms with Gasteiger partial charge in [0.25, 0.3) is 0 Å². The summed E-state index contributed by atoms with van der Waals surface area (Å²) < 4.78 is 10.5. The largest absolute Gasteiger partial charge is 0.497 e. The molecule has 0 saturated carbocycles. The molecule has 0 radical (unpaired) electrons. The van der Waals surface area contributed by atoms with Crippen molar-refractivity contribution in [3.05, 3.63) is 60.3 Å². The molecule has 8 heteroatoms. The van der Waals surface area contributed by atoms with Gasteiger partial charge in [-0.15, -0.1) is 11.8 Å². The normalized spacial score (nSPS) is 19.0. The van der Waals surface area contributed by atoms with Crippen LogP contribution in [-0.4, -0.2) is 65.7 Å². The van der Waals surface area contributed by atoms with Gasteiger partial charge in [-0.3, -0.25) is 9.78 Å². The van der Waals surface area contributed by atoms with Gasteiger partial charge in [-0.2, -0.15) is 0 Å². The van der Waals surface area contributed by atoms with Crippen LogP contribution in [0.2, 0.25) is 0 Å². The van der Waals surface area contributed by atoms with E-state index in [4.69, 9.17) is 9.47 Å². The average Bonchev–Trinajstić information content (AvgIpc) is 2.93. The smallest absolute Gasteiger partial charge is 0.308 e. The van der Waals surface area contributed by atoms with Crippen LogP contribution in [0.15, 0.2) is 59.6 Å². The van der Waals surface area contributed by atoms with Gasteiger partial charge in [0.15, 0.2) is 0 Å². The van der Waals surface area contributed by atoms with Crippen molar-refractivity contribution in [3.8, 4) is 11.5 Å². The summed E-state index contributed by atoms with van der Waals surface area (Å²) in [7, 11) is 3.28. The highest BCUT2D eigenvalue weighted by molar-refractivity contribution is 7.99. The molecule has 198 valence electrons. The van der Waals surface area contributed by atoms with E-state index in [9.17, 15) is 15.0 Å². The Balaban J connectivity index is 1.27. The number of aromatic nitrogens is 1. The first kappa shape index (κ1) is 27.2. The van der Waals surface area contributed by atoms with Gasteiger partial charge in [0, 0.05) is 23.0 Å². The number of carbonyl (C=O) groups is 1. The quantitative estimate of drug-likeness (QED) is 0.245. The minimum atomic E-state index is -0.740. The molecule has 0 aliphatic carbocycles. The van der Waals surface area contributed by atoms with E-state index in [0.29, 0.717) is 19.4 Å². The summed E-state index contributed by atoms with van der Waals surface area (Å²) in [5.74, 6) is 1.46. The first-order valence-electron chi connectivity index (χ1n) is 12.8. The van der Waals surface area contributed by atoms with Gasteiger partial charge in [-0.25, -0.2) is 0 Å². The molecule has 1 unspecified atom stereocenters. The maximum Gasteiger partial charge on any atom is 0.308 e. The van der Waals surface area contributed by atoms with E-state index in [1.807, 2.05) is 48.2 Å². The second-order valence-corrected chi connectivity index (χ2v) is 10.7. The SMILES string of the molecule is COc1ccc(SCCCN2CC[C@@H](CCC(O)c3ccnc4ccc(OC)cc34)[C@@H](C(=O)O)C2)cc1. The third-order valence-corrected chi connectivity index (χ3v) is 8.35. The Morgan fingerprint density at radius 2 is 1.89 bits per heavy atom. The number of nitrogens with zero attached hydrogens (tertiary/aromatic N) is 2. The first-order chi connectivity index (χ1) is 18.0. The Kier molecular flexibility index (Phi) is 9.66. The zero-order valence-corrected chi connectivity index (χ0v) is 22.3. The fourth-order valence-corrected chi connectivity index (χ4v) is 5.98. The molecule has 0 bridgehead atoms. The number of thioether (sulfide) groups is 1. The lowest BCUT2D eigenvalue weighted by molar-refractivity contribution is -0.146. The Labute approximate surface area is 222 Å². The van der Waals surface area contributed by atoms with E-state index in [1.54, 1.807) is 20.4 Å². The molecule has 1 aromatic heterocycles. The molecule has 1 aliphatic rings. The Hall–Kier alpha value is -2.81. The summed E-state index contributed by atoms with van der Waals surface area (Å²) in [6, 6.07) is 15.5. The van der Waals surface area contributed by atoms with Crippen LogP contribution in [0.3, 0.4) is 0 Å². The lowest BCUT2D eigenvalue weighted by Gasteiger charge is -2.37. The molecule has 2 N–H and O–H groups in total. The predicted molar refractivity (Wildman–Crippen MR) is 146 cm³/mol. The summed E-state index contributed by atoms with van der Waals surface area (Å²) in [4.78, 5) is 20.0. The van der Waals surface area contributed by atoms with Crippen LogP contribution >= 0.6 is 11.8 Å². The molecule has 2 aromatic carbocycles. The Bertz CT molecular complexity index is 1170. The number of aliphatic hydroxyl groups is 1. The van der Waals surface area contributed by atoms with Crippen molar-refractivity contribution in [2.75, 3.05) is 39.6 Å². The van der Waals surface area contributed by atoms with Crippen LogP contribution in [0.5, 0.6) is 11.5 Å². The van der Waals surface area contributed by atoms with Crippen LogP contribution in [0.4, 0.5) is 0 Å². The minimum absolute atomic E-state index is 0.0553. The molecule has 7 nitrogen and oxygen atoms in total. The van der Waals surface area contributed by atoms with Crippen molar-refractivity contribution in [2.24, 2.45) is 11.8 Å². The van der Waals surface area contributed by atoms with Gasteiger partial charge >= 0.3 is 5.97 Å². The van der Waals surface area contributed by atoms with Gasteiger partial charge in [0.1, 0.15) is 11.5 Å². The zero-order valence-electron chi connectivity index (χ0n) is 21.5. The number of carboxylic acid groups (broad SMARTS) is 1. The van der Waals surface area contributed by atoms with Crippen molar-refractivity contribution in [1.29, 1.82) is 0 Å². The lowest BCUT2D eigenvalue weighted by atomic mass is 9.81. The third-order valence-electron chi connectivity index (χ3n) is 7.26. The number of piperidine rings is 1. The number of rotatable bonds is 12. The summed E-state index contributed by atoms with van der Waals surface area (Å²) >= 11 is 1.81. The van der Waals surface area contributed by atoms with E-state index in [0.717, 1.165) is 59.6 Å². The fraction of sp³-hybridized carbons (Fsp3) is 0.448. The minimum Gasteiger partial charge on any atom is -0.497 e. The maximum absolute atomic E-state index is 12.1. The van der Waals surface area contributed by atoms with Gasteiger partial charge < -0.3 is 24.6 Å². The van der Waals surface area contributed by atoms with Gasteiger partial charge in [0.2, 0.25) is 0 Å². The van der Waals surface area contributed by atoms with Gasteiger partial charge in [-0.1, -0.05) is 0 Å². The number of fused-ring (bicyclic) bond motifs is 1. The van der Waals surface area contributed by atoms with Crippen molar-refractivity contribution < 1.29 is 24.5 Å². The highest BCUT2D eigenvalue weighted by Gasteiger charge is 2.34. The molecule has 0 amide bonds. The standard InChI is InChI=1S/C29H36N2O5S/c1-35-21-5-8-23(9-6-21)37-17-3-15-31-16-13-20(26(19-31)29(33)34)4-11-28(32)24-12-14-30-27-10-7-22(36-2)18-25(24)27/h5-10,12,14,18,20,26,28,32H,3-4,11,13,15-17,19H2,1-2H3,(H,33,34)/t20-,26+,28?/m1/s1. The van der Waals surface area contributed by atoms with Crippen LogP contribution in [0, 0.1) is 11.8 Å². The van der Waals surface area contributed by atoms with Gasteiger partial charge in [0.05, 0.1) is 31.8 Å². The van der Waals surface area contributed by atoms with Crippen LogP contribution in [0.25, 0.3) is 10.9 Å². The molecule has 0 spiro atoms. The molecule has 2 heterocycles. The van der Waals surface area contributed by atoms with E-state index < -0.39 is 18.0 Å². The summed E-state index contributed by atoms with van der Waals surface area (Å²) in [6.07, 6.45) is 4.06. The van der Waals surface area contributed by atoms with Crippen LogP contribution in [0.1, 0.15) is 37.4 Å². The molecule has 1 saturated heterocycles. The van der Waals surface area contributed by atoms with Crippen molar-refractivity contribution in [3.63, 3.8) is 0 Å². The number of ether oxygens (including phenoxy) is 2. The van der Waals surface area contributed by atoms with Crippen molar-refractivity contribution >= 4 is 28.6 Å². The van der Waals surface area contributed by atoms with E-state index in [1.165, 1.54) is 4.90 Å². The molecule has 3 aromatic rings. The summed E-state index contributed by atoms with van der Waals surface area (Å²) in [5.41, 5.74) is 1.61. The van der Waals surface area contributed by atoms with Crippen LogP contribution in [-0.2, 0) is 4.79 Å². The first-order valence-corrected chi connectivity index (χ1v) is 13.8. The Morgan fingerprint density at radius 1 is 1.14 bits per heavy atom. The lowest BCUT2D eigenvalue weighted by Crippen LogP contribution is -2.44. The number of aliphatic hydroxyl groups excluding tert-OH is 1. The molecule has 1 aliphatic heterocycles. The zero-order chi connectivity index (χ0) is 26.2. The number of aliphatic carboxylic acids is 1. The Morgan fingerprint density at radius 3 is 2.62 bits per heavy atom. The molecular weight excluding hydrogens is 488 g/mol. The van der Waals surface area contributed by atoms with Crippen LogP contribution < -0.4 is 9.47 Å². The van der Waals surface area contributed by atoms with E-state index in [-0.39, 0.29) is 5.92 Å². The molecule has 37 heavy (non-hydrogen) atoms. The molecule has 3 atom stereocenters. The number of carboxylic acids is 1. The van der Waals surface area contributed by atoms with Gasteiger partial charge in [-0.05, 0) is 105 Å². The summed E-state index contributed by atoms with van der Waals surface area (Å²) in [6.45, 7) is 2.36. The fourth-order valence-electron chi connectivity index (χ4n) is 5.14. The molecule has 4 rings (SSSR count). The van der Waals surface area contributed by atoms with Crippen molar-refractivity contribution in [1.82, 2.24) is 9.88 Å². The summed E-state index contributed by atoms with van der Waals surface area (Å²) in [5, 5.41) is 21.8. The second kappa shape index (κ2) is 13.1. The number of methoxy groups -OCH3 is 2. The number of hydrogen-bond donors (Lipinski definition) is 2. The number of hydrogen-bond acceptors (Lipinski definition) is 7. The third kappa shape index (κ3) is 7.15. The number of likely N-dealkylation sites (tertiary alicyclic amines) is 1. The van der Waals surface area contributed by atoms with Crippen molar-refractivity contribution in [2.45, 2.75) is 36.7 Å². The molecule has 1 fully saturated rings. The monoisotopic (exact) mass is 524 g/mol. The highest BCUT2D eigenvalue weighted by atomic mass is 32.2. The highest BCUT2D eigenvalue weighted by Crippen LogP contribution is 2.34. The average molecular weight is 525 g/mol. The number of benzene rings is 2.